The van der Waals surface area contributed by atoms with Gasteiger partial charge < -0.3 is 10.6 Å². The molecule has 0 aliphatic carbocycles. The fraction of sp³-hybridized carbons (Fsp3) is 0.375. The quantitative estimate of drug-likeness (QED) is 0.907. The van der Waals surface area contributed by atoms with Gasteiger partial charge >= 0.3 is 0 Å². The number of amides is 1. The molecule has 0 radical (unpaired) electrons. The second-order valence-corrected chi connectivity index (χ2v) is 5.39. The Morgan fingerprint density at radius 2 is 2.32 bits per heavy atom. The molecule has 0 unspecified atom stereocenters. The van der Waals surface area contributed by atoms with E-state index in [1.54, 1.807) is 4.68 Å². The van der Waals surface area contributed by atoms with Gasteiger partial charge in [-0.3, -0.25) is 9.48 Å². The molecule has 0 bridgehead atoms. The average molecular weight is 321 g/mol. The lowest BCUT2D eigenvalue weighted by atomic mass is 9.97. The molecule has 22 heavy (non-hydrogen) atoms. The smallest absolute Gasteiger partial charge is 0.251 e. The summed E-state index contributed by atoms with van der Waals surface area (Å²) < 4.78 is 1.77. The molecule has 1 aromatic carbocycles. The summed E-state index contributed by atoms with van der Waals surface area (Å²) in [5.41, 5.74) is 4.17. The van der Waals surface area contributed by atoms with Gasteiger partial charge in [-0.15, -0.1) is 12.4 Å². The number of nitrogens with one attached hydrogen (secondary N) is 2. The summed E-state index contributed by atoms with van der Waals surface area (Å²) in [6.07, 6.45) is 6.65. The van der Waals surface area contributed by atoms with Crippen molar-refractivity contribution in [1.29, 1.82) is 0 Å². The van der Waals surface area contributed by atoms with Crippen LogP contribution in [-0.2, 0) is 19.9 Å². The normalized spacial score (nSPS) is 12.8. The van der Waals surface area contributed by atoms with E-state index in [9.17, 15) is 4.79 Å². The Balaban J connectivity index is 0.00000176. The molecular formula is C16H21ClN4O. The maximum absolute atomic E-state index is 12.4. The molecule has 2 N–H and O–H groups in total. The van der Waals surface area contributed by atoms with Gasteiger partial charge in [-0.05, 0) is 42.5 Å². The summed E-state index contributed by atoms with van der Waals surface area (Å²) in [6.45, 7) is 1.61. The van der Waals surface area contributed by atoms with Crippen molar-refractivity contribution >= 4 is 24.0 Å². The molecule has 6 heteroatoms. The maximum atomic E-state index is 12.4. The number of carbonyl (C=O) groups excluding carboxylic acids is 1. The van der Waals surface area contributed by atoms with Gasteiger partial charge in [0.15, 0.2) is 0 Å². The van der Waals surface area contributed by atoms with E-state index >= 15 is 0 Å². The zero-order chi connectivity index (χ0) is 14.7. The van der Waals surface area contributed by atoms with E-state index in [0.29, 0.717) is 6.54 Å². The van der Waals surface area contributed by atoms with E-state index in [1.165, 1.54) is 0 Å². The number of halogens is 1. The van der Waals surface area contributed by atoms with E-state index in [-0.39, 0.29) is 18.3 Å². The Morgan fingerprint density at radius 3 is 3.09 bits per heavy atom. The Hall–Kier alpha value is -2.01. The van der Waals surface area contributed by atoms with Crippen LogP contribution in [0, 0.1) is 0 Å². The first-order chi connectivity index (χ1) is 10.2. The largest absolute Gasteiger partial charge is 0.385 e. The van der Waals surface area contributed by atoms with Crippen molar-refractivity contribution in [3.63, 3.8) is 0 Å². The van der Waals surface area contributed by atoms with Crippen LogP contribution in [0.3, 0.4) is 0 Å². The summed E-state index contributed by atoms with van der Waals surface area (Å²) in [5, 5.41) is 10.5. The van der Waals surface area contributed by atoms with Crippen molar-refractivity contribution in [2.45, 2.75) is 19.3 Å². The van der Waals surface area contributed by atoms with Crippen molar-refractivity contribution in [3.05, 3.63) is 47.3 Å². The minimum Gasteiger partial charge on any atom is -0.385 e. The Morgan fingerprint density at radius 1 is 1.45 bits per heavy atom. The van der Waals surface area contributed by atoms with Gasteiger partial charge in [0.2, 0.25) is 0 Å². The third-order valence-corrected chi connectivity index (χ3v) is 3.80. The number of carbonyl (C=O) groups is 1. The number of hydrogen-bond acceptors (Lipinski definition) is 3. The highest BCUT2D eigenvalue weighted by atomic mass is 35.5. The number of hydrogen-bond donors (Lipinski definition) is 2. The van der Waals surface area contributed by atoms with E-state index < -0.39 is 0 Å². The van der Waals surface area contributed by atoms with Crippen molar-refractivity contribution in [1.82, 2.24) is 15.1 Å². The molecule has 1 aliphatic rings. The third kappa shape index (κ3) is 3.60. The number of rotatable bonds is 4. The SMILES string of the molecule is Cl.Cn1cc(CCNC(=O)c2cccc3c2CCCN3)cn1. The molecule has 1 aliphatic heterocycles. The summed E-state index contributed by atoms with van der Waals surface area (Å²) in [5.74, 6) is 0.0134. The Kier molecular flexibility index (Phi) is 5.44. The van der Waals surface area contributed by atoms with Gasteiger partial charge in [-0.1, -0.05) is 6.07 Å². The molecule has 0 saturated heterocycles. The third-order valence-electron chi connectivity index (χ3n) is 3.80. The number of benzene rings is 1. The summed E-state index contributed by atoms with van der Waals surface area (Å²) in [7, 11) is 1.89. The lowest BCUT2D eigenvalue weighted by Gasteiger charge is -2.20. The van der Waals surface area contributed by atoms with Crippen LogP contribution in [0.1, 0.15) is 27.9 Å². The van der Waals surface area contributed by atoms with E-state index in [0.717, 1.165) is 48.2 Å². The van der Waals surface area contributed by atoms with Gasteiger partial charge in [-0.25, -0.2) is 0 Å². The number of aromatic nitrogens is 2. The summed E-state index contributed by atoms with van der Waals surface area (Å²) >= 11 is 0. The summed E-state index contributed by atoms with van der Waals surface area (Å²) in [4.78, 5) is 12.4. The Labute approximate surface area is 136 Å². The van der Waals surface area contributed by atoms with Crippen LogP contribution >= 0.6 is 12.4 Å². The van der Waals surface area contributed by atoms with Gasteiger partial charge in [0.1, 0.15) is 0 Å². The lowest BCUT2D eigenvalue weighted by molar-refractivity contribution is 0.0953. The molecule has 0 saturated carbocycles. The molecule has 1 amide bonds. The average Bonchev–Trinajstić information content (AvgIpc) is 2.92. The second-order valence-electron chi connectivity index (χ2n) is 5.39. The first-order valence-electron chi connectivity index (χ1n) is 7.35. The standard InChI is InChI=1S/C16H20N4O.ClH/c1-20-11-12(10-19-20)7-9-18-16(21)14-4-2-6-15-13(14)5-3-8-17-15;/h2,4,6,10-11,17H,3,5,7-9H2,1H3,(H,18,21);1H. The predicted octanol–water partition coefficient (Wildman–Crippen LogP) is 2.17. The van der Waals surface area contributed by atoms with E-state index in [2.05, 4.69) is 15.7 Å². The monoisotopic (exact) mass is 320 g/mol. The van der Waals surface area contributed by atoms with Crippen LogP contribution in [0.25, 0.3) is 0 Å². The number of aryl methyl sites for hydroxylation is 1. The van der Waals surface area contributed by atoms with Crippen LogP contribution in [0.4, 0.5) is 5.69 Å². The van der Waals surface area contributed by atoms with Crippen LogP contribution < -0.4 is 10.6 Å². The Bertz CT molecular complexity index is 653. The van der Waals surface area contributed by atoms with Crippen LogP contribution in [0.2, 0.25) is 0 Å². The number of anilines is 1. The van der Waals surface area contributed by atoms with Crippen LogP contribution in [0.5, 0.6) is 0 Å². The highest BCUT2D eigenvalue weighted by molar-refractivity contribution is 5.97. The highest BCUT2D eigenvalue weighted by Crippen LogP contribution is 2.25. The van der Waals surface area contributed by atoms with Gasteiger partial charge in [0.25, 0.3) is 5.91 Å². The molecule has 1 aromatic heterocycles. The van der Waals surface area contributed by atoms with E-state index in [4.69, 9.17) is 0 Å². The van der Waals surface area contributed by atoms with Crippen LogP contribution in [-0.4, -0.2) is 28.8 Å². The maximum Gasteiger partial charge on any atom is 0.251 e. The molecular weight excluding hydrogens is 300 g/mol. The number of nitrogens with zero attached hydrogens (tertiary/aromatic N) is 2. The van der Waals surface area contributed by atoms with Crippen molar-refractivity contribution in [3.8, 4) is 0 Å². The zero-order valence-electron chi connectivity index (χ0n) is 12.6. The molecule has 0 spiro atoms. The van der Waals surface area contributed by atoms with Crippen molar-refractivity contribution in [2.75, 3.05) is 18.4 Å². The molecule has 5 nitrogen and oxygen atoms in total. The van der Waals surface area contributed by atoms with Crippen molar-refractivity contribution < 1.29 is 4.79 Å². The van der Waals surface area contributed by atoms with Gasteiger partial charge in [0.05, 0.1) is 6.20 Å². The zero-order valence-corrected chi connectivity index (χ0v) is 13.4. The minimum atomic E-state index is 0. The fourth-order valence-electron chi connectivity index (χ4n) is 2.74. The van der Waals surface area contributed by atoms with Crippen molar-refractivity contribution in [2.24, 2.45) is 7.05 Å². The molecule has 3 rings (SSSR count). The molecule has 2 heterocycles. The topological polar surface area (TPSA) is 59.0 Å². The van der Waals surface area contributed by atoms with Gasteiger partial charge in [0, 0.05) is 37.6 Å². The first-order valence-corrected chi connectivity index (χ1v) is 7.35. The van der Waals surface area contributed by atoms with E-state index in [1.807, 2.05) is 37.6 Å². The first kappa shape index (κ1) is 16.4. The molecule has 2 aromatic rings. The minimum absolute atomic E-state index is 0. The lowest BCUT2D eigenvalue weighted by Crippen LogP contribution is -2.27. The fourth-order valence-corrected chi connectivity index (χ4v) is 2.74. The summed E-state index contributed by atoms with van der Waals surface area (Å²) in [6, 6.07) is 5.89. The van der Waals surface area contributed by atoms with Gasteiger partial charge in [-0.2, -0.15) is 5.10 Å². The molecule has 118 valence electrons. The molecule has 0 fully saturated rings. The number of fused-ring (bicyclic) bond motifs is 1. The van der Waals surface area contributed by atoms with Crippen LogP contribution in [0.15, 0.2) is 30.6 Å². The predicted molar refractivity (Wildman–Crippen MR) is 89.7 cm³/mol. The molecule has 0 atom stereocenters. The second kappa shape index (κ2) is 7.31. The highest BCUT2D eigenvalue weighted by Gasteiger charge is 2.16.